The lowest BCUT2D eigenvalue weighted by molar-refractivity contribution is 0.195. The van der Waals surface area contributed by atoms with Crippen molar-refractivity contribution in [3.63, 3.8) is 0 Å². The number of methoxy groups -OCH3 is 1. The van der Waals surface area contributed by atoms with Gasteiger partial charge in [-0.25, -0.2) is 0 Å². The summed E-state index contributed by atoms with van der Waals surface area (Å²) < 4.78 is 5.05. The van der Waals surface area contributed by atoms with E-state index in [4.69, 9.17) is 9.84 Å². The van der Waals surface area contributed by atoms with Crippen molar-refractivity contribution in [2.24, 2.45) is 0 Å². The molecule has 0 saturated carbocycles. The van der Waals surface area contributed by atoms with E-state index >= 15 is 0 Å². The molecule has 66 valence electrons. The zero-order chi connectivity index (χ0) is 8.97. The van der Waals surface area contributed by atoms with Crippen LogP contribution in [0.2, 0.25) is 0 Å². The molecule has 0 radical (unpaired) electrons. The second-order valence-corrected chi connectivity index (χ2v) is 2.90. The first-order valence-corrected chi connectivity index (χ1v) is 4.03. The summed E-state index contributed by atoms with van der Waals surface area (Å²) in [5, 5.41) is 9.13. The molecule has 0 spiro atoms. The van der Waals surface area contributed by atoms with Gasteiger partial charge in [-0.05, 0) is 31.0 Å². The molecule has 1 aromatic rings. The van der Waals surface area contributed by atoms with Crippen molar-refractivity contribution in [1.82, 2.24) is 0 Å². The largest absolute Gasteiger partial charge is 0.497 e. The summed E-state index contributed by atoms with van der Waals surface area (Å²) in [4.78, 5) is 0. The van der Waals surface area contributed by atoms with Crippen molar-refractivity contribution in [1.29, 1.82) is 0 Å². The standard InChI is InChI=1S/C10H14O2/c1-8(11)6-9-4-3-5-10(7-9)12-2/h3-5,7-8,11H,6H2,1-2H3/t8-/m1/s1. The van der Waals surface area contributed by atoms with Crippen molar-refractivity contribution in [3.8, 4) is 5.75 Å². The van der Waals surface area contributed by atoms with Crippen LogP contribution < -0.4 is 4.74 Å². The first-order valence-electron chi connectivity index (χ1n) is 4.03. The summed E-state index contributed by atoms with van der Waals surface area (Å²) in [6.07, 6.45) is 0.383. The number of hydrogen-bond acceptors (Lipinski definition) is 2. The SMILES string of the molecule is COc1cccc(C[C@@H](C)O)c1. The maximum atomic E-state index is 9.13. The molecule has 2 heteroatoms. The van der Waals surface area contributed by atoms with Gasteiger partial charge in [-0.1, -0.05) is 12.1 Å². The first-order chi connectivity index (χ1) is 5.72. The highest BCUT2D eigenvalue weighted by Gasteiger charge is 1.99. The Kier molecular flexibility index (Phi) is 3.11. The second kappa shape index (κ2) is 4.12. The molecule has 1 aromatic carbocycles. The smallest absolute Gasteiger partial charge is 0.119 e. The molecule has 0 bridgehead atoms. The fourth-order valence-electron chi connectivity index (χ4n) is 1.14. The van der Waals surface area contributed by atoms with Crippen molar-refractivity contribution in [3.05, 3.63) is 29.8 Å². The number of rotatable bonds is 3. The van der Waals surface area contributed by atoms with Gasteiger partial charge in [0.25, 0.3) is 0 Å². The number of hydrogen-bond donors (Lipinski definition) is 1. The molecular formula is C10H14O2. The third-order valence-electron chi connectivity index (χ3n) is 1.67. The lowest BCUT2D eigenvalue weighted by Crippen LogP contribution is -2.03. The Morgan fingerprint density at radius 1 is 1.50 bits per heavy atom. The lowest BCUT2D eigenvalue weighted by Gasteiger charge is -2.05. The number of benzene rings is 1. The van der Waals surface area contributed by atoms with Gasteiger partial charge in [0.1, 0.15) is 5.75 Å². The van der Waals surface area contributed by atoms with Crippen molar-refractivity contribution >= 4 is 0 Å². The van der Waals surface area contributed by atoms with E-state index in [0.717, 1.165) is 11.3 Å². The fraction of sp³-hybridized carbons (Fsp3) is 0.400. The van der Waals surface area contributed by atoms with E-state index in [1.165, 1.54) is 0 Å². The van der Waals surface area contributed by atoms with Crippen LogP contribution in [0.4, 0.5) is 0 Å². The Bertz CT molecular complexity index is 243. The normalized spacial score (nSPS) is 12.6. The molecule has 0 heterocycles. The minimum Gasteiger partial charge on any atom is -0.497 e. The molecule has 0 amide bonds. The molecule has 0 saturated heterocycles. The Morgan fingerprint density at radius 3 is 2.83 bits per heavy atom. The zero-order valence-electron chi connectivity index (χ0n) is 7.45. The molecule has 0 aliphatic heterocycles. The fourth-order valence-corrected chi connectivity index (χ4v) is 1.14. The van der Waals surface area contributed by atoms with Gasteiger partial charge in [0.15, 0.2) is 0 Å². The molecule has 12 heavy (non-hydrogen) atoms. The maximum Gasteiger partial charge on any atom is 0.119 e. The molecule has 0 fully saturated rings. The van der Waals surface area contributed by atoms with Crippen LogP contribution in [0, 0.1) is 0 Å². The Labute approximate surface area is 72.8 Å². The maximum absolute atomic E-state index is 9.13. The molecule has 0 aliphatic carbocycles. The highest BCUT2D eigenvalue weighted by atomic mass is 16.5. The van der Waals surface area contributed by atoms with Crippen molar-refractivity contribution in [2.75, 3.05) is 7.11 Å². The van der Waals surface area contributed by atoms with Crippen LogP contribution in [0.1, 0.15) is 12.5 Å². The average Bonchev–Trinajstić information content (AvgIpc) is 2.03. The van der Waals surface area contributed by atoms with E-state index in [1.807, 2.05) is 24.3 Å². The van der Waals surface area contributed by atoms with E-state index in [0.29, 0.717) is 6.42 Å². The highest BCUT2D eigenvalue weighted by Crippen LogP contribution is 2.13. The van der Waals surface area contributed by atoms with E-state index in [1.54, 1.807) is 14.0 Å². The molecule has 0 aliphatic rings. The van der Waals surface area contributed by atoms with Crippen LogP contribution in [0.3, 0.4) is 0 Å². The number of aliphatic hydroxyl groups is 1. The monoisotopic (exact) mass is 166 g/mol. The van der Waals surface area contributed by atoms with Crippen molar-refractivity contribution < 1.29 is 9.84 Å². The Morgan fingerprint density at radius 2 is 2.25 bits per heavy atom. The molecule has 2 nitrogen and oxygen atoms in total. The quantitative estimate of drug-likeness (QED) is 0.739. The van der Waals surface area contributed by atoms with E-state index < -0.39 is 0 Å². The van der Waals surface area contributed by atoms with Gasteiger partial charge in [-0.2, -0.15) is 0 Å². The summed E-state index contributed by atoms with van der Waals surface area (Å²) in [5.41, 5.74) is 1.10. The van der Waals surface area contributed by atoms with Gasteiger partial charge >= 0.3 is 0 Å². The average molecular weight is 166 g/mol. The topological polar surface area (TPSA) is 29.5 Å². The van der Waals surface area contributed by atoms with Crippen LogP contribution in [0.25, 0.3) is 0 Å². The molecule has 1 N–H and O–H groups in total. The molecular weight excluding hydrogens is 152 g/mol. The van der Waals surface area contributed by atoms with Gasteiger partial charge in [0.05, 0.1) is 13.2 Å². The minimum atomic E-state index is -0.294. The third-order valence-corrected chi connectivity index (χ3v) is 1.67. The lowest BCUT2D eigenvalue weighted by atomic mass is 10.1. The number of ether oxygens (including phenoxy) is 1. The minimum absolute atomic E-state index is 0.294. The second-order valence-electron chi connectivity index (χ2n) is 2.90. The molecule has 1 rings (SSSR count). The van der Waals surface area contributed by atoms with E-state index in [2.05, 4.69) is 0 Å². The summed E-state index contributed by atoms with van der Waals surface area (Å²) in [6.45, 7) is 1.78. The predicted molar refractivity (Wildman–Crippen MR) is 48.4 cm³/mol. The Hall–Kier alpha value is -1.02. The molecule has 0 aromatic heterocycles. The van der Waals surface area contributed by atoms with Crippen molar-refractivity contribution in [2.45, 2.75) is 19.4 Å². The van der Waals surface area contributed by atoms with Crippen LogP contribution in [0.5, 0.6) is 5.75 Å². The van der Waals surface area contributed by atoms with Crippen LogP contribution in [0.15, 0.2) is 24.3 Å². The highest BCUT2D eigenvalue weighted by molar-refractivity contribution is 5.28. The summed E-state index contributed by atoms with van der Waals surface area (Å²) >= 11 is 0. The van der Waals surface area contributed by atoms with Crippen LogP contribution >= 0.6 is 0 Å². The van der Waals surface area contributed by atoms with Gasteiger partial charge in [-0.3, -0.25) is 0 Å². The predicted octanol–water partition coefficient (Wildman–Crippen LogP) is 1.62. The summed E-state index contributed by atoms with van der Waals surface area (Å²) in [6, 6.07) is 7.74. The van der Waals surface area contributed by atoms with Crippen LogP contribution in [-0.2, 0) is 6.42 Å². The summed E-state index contributed by atoms with van der Waals surface area (Å²) in [5.74, 6) is 0.841. The van der Waals surface area contributed by atoms with E-state index in [9.17, 15) is 0 Å². The zero-order valence-corrected chi connectivity index (χ0v) is 7.45. The van der Waals surface area contributed by atoms with Gasteiger partial charge in [0, 0.05) is 0 Å². The van der Waals surface area contributed by atoms with Gasteiger partial charge in [-0.15, -0.1) is 0 Å². The first kappa shape index (κ1) is 9.07. The number of aliphatic hydroxyl groups excluding tert-OH is 1. The molecule has 0 unspecified atom stereocenters. The Balaban J connectivity index is 2.72. The molecule has 1 atom stereocenters. The van der Waals surface area contributed by atoms with Gasteiger partial charge in [0.2, 0.25) is 0 Å². The third kappa shape index (κ3) is 2.55. The van der Waals surface area contributed by atoms with Crippen LogP contribution in [-0.4, -0.2) is 18.3 Å². The summed E-state index contributed by atoms with van der Waals surface area (Å²) in [7, 11) is 1.64. The van der Waals surface area contributed by atoms with E-state index in [-0.39, 0.29) is 6.10 Å². The van der Waals surface area contributed by atoms with Gasteiger partial charge < -0.3 is 9.84 Å².